The molecule has 0 aromatic heterocycles. The zero-order chi connectivity index (χ0) is 20.4. The van der Waals surface area contributed by atoms with E-state index in [-0.39, 0.29) is 31.0 Å². The Morgan fingerprint density at radius 3 is 2.89 bits per heavy atom. The van der Waals surface area contributed by atoms with Crippen LogP contribution in [0.2, 0.25) is 0 Å². The average Bonchev–Trinajstić information content (AvgIpc) is 3.01. The van der Waals surface area contributed by atoms with E-state index >= 15 is 0 Å². The van der Waals surface area contributed by atoms with Crippen molar-refractivity contribution in [3.63, 3.8) is 0 Å². The van der Waals surface area contributed by atoms with Crippen molar-refractivity contribution < 1.29 is 24.9 Å². The zero-order valence-corrected chi connectivity index (χ0v) is 16.5. The SMILES string of the molecule is Cc1cccc(OC[C@H](O)C=CC2CC[C@H](O)[C@@H]2CC=CCCCC(=O)O)c1. The minimum Gasteiger partial charge on any atom is -0.491 e. The molecule has 2 rings (SSSR count). The highest BCUT2D eigenvalue weighted by molar-refractivity contribution is 5.66. The van der Waals surface area contributed by atoms with Gasteiger partial charge in [-0.1, -0.05) is 36.4 Å². The Balaban J connectivity index is 1.76. The molecule has 1 fully saturated rings. The molecular formula is C23H32O5. The van der Waals surface area contributed by atoms with Gasteiger partial charge in [-0.25, -0.2) is 0 Å². The number of aryl methyl sites for hydroxylation is 1. The van der Waals surface area contributed by atoms with Crippen molar-refractivity contribution >= 4 is 5.97 Å². The normalized spacial score (nSPS) is 23.5. The maximum Gasteiger partial charge on any atom is 0.303 e. The van der Waals surface area contributed by atoms with Gasteiger partial charge in [0.15, 0.2) is 0 Å². The summed E-state index contributed by atoms with van der Waals surface area (Å²) in [6.07, 6.45) is 10.8. The summed E-state index contributed by atoms with van der Waals surface area (Å²) in [5, 5.41) is 29.1. The van der Waals surface area contributed by atoms with Crippen LogP contribution in [0.15, 0.2) is 48.6 Å². The number of unbranched alkanes of at least 4 members (excludes halogenated alkanes) is 1. The third kappa shape index (κ3) is 7.87. The minimum atomic E-state index is -0.769. The van der Waals surface area contributed by atoms with E-state index in [0.29, 0.717) is 6.42 Å². The lowest BCUT2D eigenvalue weighted by Crippen LogP contribution is -2.19. The third-order valence-electron chi connectivity index (χ3n) is 5.17. The number of carboxylic acid groups (broad SMARTS) is 1. The van der Waals surface area contributed by atoms with Crippen LogP contribution < -0.4 is 4.74 Å². The molecular weight excluding hydrogens is 356 g/mol. The van der Waals surface area contributed by atoms with Crippen LogP contribution in [0.4, 0.5) is 0 Å². The zero-order valence-electron chi connectivity index (χ0n) is 16.5. The van der Waals surface area contributed by atoms with Gasteiger partial charge in [-0.05, 0) is 68.6 Å². The summed E-state index contributed by atoms with van der Waals surface area (Å²) in [5.41, 5.74) is 1.11. The fraction of sp³-hybridized carbons (Fsp3) is 0.522. The number of ether oxygens (including phenoxy) is 1. The Bertz CT molecular complexity index is 667. The number of rotatable bonds is 11. The molecule has 4 atom stereocenters. The van der Waals surface area contributed by atoms with Gasteiger partial charge < -0.3 is 20.1 Å². The topological polar surface area (TPSA) is 87.0 Å². The van der Waals surface area contributed by atoms with Gasteiger partial charge >= 0.3 is 5.97 Å². The van der Waals surface area contributed by atoms with Crippen LogP contribution in [-0.4, -0.2) is 40.1 Å². The number of hydrogen-bond donors (Lipinski definition) is 3. The van der Waals surface area contributed by atoms with Crippen LogP contribution in [0.3, 0.4) is 0 Å². The summed E-state index contributed by atoms with van der Waals surface area (Å²) in [7, 11) is 0. The number of benzene rings is 1. The van der Waals surface area contributed by atoms with Gasteiger partial charge in [-0.15, -0.1) is 0 Å². The summed E-state index contributed by atoms with van der Waals surface area (Å²) in [6, 6.07) is 7.72. The van der Waals surface area contributed by atoms with Gasteiger partial charge in [0.2, 0.25) is 0 Å². The first kappa shape index (κ1) is 22.2. The van der Waals surface area contributed by atoms with E-state index in [2.05, 4.69) is 0 Å². The number of hydrogen-bond acceptors (Lipinski definition) is 4. The molecule has 0 aliphatic heterocycles. The largest absolute Gasteiger partial charge is 0.491 e. The maximum atomic E-state index is 10.5. The van der Waals surface area contributed by atoms with E-state index in [1.807, 2.05) is 49.4 Å². The summed E-state index contributed by atoms with van der Waals surface area (Å²) in [5.74, 6) is 0.341. The Morgan fingerprint density at radius 1 is 1.32 bits per heavy atom. The molecule has 1 unspecified atom stereocenters. The van der Waals surface area contributed by atoms with E-state index < -0.39 is 12.1 Å². The van der Waals surface area contributed by atoms with Gasteiger partial charge in [0.1, 0.15) is 18.5 Å². The first-order valence-electron chi connectivity index (χ1n) is 10.1. The molecule has 3 N–H and O–H groups in total. The van der Waals surface area contributed by atoms with Crippen molar-refractivity contribution in [3.8, 4) is 5.75 Å². The fourth-order valence-electron chi connectivity index (χ4n) is 3.60. The molecule has 28 heavy (non-hydrogen) atoms. The molecule has 0 bridgehead atoms. The first-order valence-corrected chi connectivity index (χ1v) is 10.1. The predicted octanol–water partition coefficient (Wildman–Crippen LogP) is 3.88. The summed E-state index contributed by atoms with van der Waals surface area (Å²) in [4.78, 5) is 10.5. The smallest absolute Gasteiger partial charge is 0.303 e. The lowest BCUT2D eigenvalue weighted by atomic mass is 9.90. The van der Waals surface area contributed by atoms with Crippen molar-refractivity contribution in [1.29, 1.82) is 0 Å². The number of aliphatic hydroxyl groups excluding tert-OH is 2. The van der Waals surface area contributed by atoms with E-state index in [1.54, 1.807) is 6.08 Å². The summed E-state index contributed by atoms with van der Waals surface area (Å²) < 4.78 is 5.63. The van der Waals surface area contributed by atoms with Crippen molar-refractivity contribution in [2.75, 3.05) is 6.61 Å². The molecule has 0 heterocycles. The second-order valence-corrected chi connectivity index (χ2v) is 7.55. The monoisotopic (exact) mass is 388 g/mol. The van der Waals surface area contributed by atoms with Gasteiger partial charge in [0, 0.05) is 6.42 Å². The van der Waals surface area contributed by atoms with E-state index in [0.717, 1.165) is 37.0 Å². The van der Waals surface area contributed by atoms with E-state index in [1.165, 1.54) is 0 Å². The first-order chi connectivity index (χ1) is 13.5. The van der Waals surface area contributed by atoms with Crippen LogP contribution in [0.5, 0.6) is 5.75 Å². The van der Waals surface area contributed by atoms with Crippen LogP contribution in [0, 0.1) is 18.8 Å². The van der Waals surface area contributed by atoms with Crippen LogP contribution in [-0.2, 0) is 4.79 Å². The Hall–Kier alpha value is -2.11. The van der Waals surface area contributed by atoms with Crippen LogP contribution >= 0.6 is 0 Å². The standard InChI is InChI=1S/C23H32O5/c1-17-7-6-8-20(15-17)28-16-19(24)13-11-18-12-14-22(25)21(18)9-4-2-3-5-10-23(26)27/h2,4,6-8,11,13,15,18-19,21-22,24-25H,3,5,9-10,12,14,16H2,1H3,(H,26,27)/t18?,19-,21-,22+/m1/s1. The molecule has 0 radical (unpaired) electrons. The number of aliphatic hydroxyl groups is 2. The molecule has 1 saturated carbocycles. The molecule has 5 nitrogen and oxygen atoms in total. The van der Waals surface area contributed by atoms with E-state index in [4.69, 9.17) is 9.84 Å². The predicted molar refractivity (Wildman–Crippen MR) is 109 cm³/mol. The highest BCUT2D eigenvalue weighted by Gasteiger charge is 2.32. The molecule has 1 aliphatic rings. The van der Waals surface area contributed by atoms with Gasteiger partial charge in [0.25, 0.3) is 0 Å². The molecule has 0 saturated heterocycles. The van der Waals surface area contributed by atoms with Gasteiger partial charge in [-0.2, -0.15) is 0 Å². The lowest BCUT2D eigenvalue weighted by Gasteiger charge is -2.18. The molecule has 154 valence electrons. The molecule has 0 spiro atoms. The number of aliphatic carboxylic acids is 1. The Morgan fingerprint density at radius 2 is 2.14 bits per heavy atom. The van der Waals surface area contributed by atoms with Crippen molar-refractivity contribution in [2.45, 2.75) is 57.7 Å². The van der Waals surface area contributed by atoms with Crippen molar-refractivity contribution in [2.24, 2.45) is 11.8 Å². The Kier molecular flexibility index (Phi) is 9.24. The molecule has 5 heteroatoms. The van der Waals surface area contributed by atoms with E-state index in [9.17, 15) is 15.0 Å². The third-order valence-corrected chi connectivity index (χ3v) is 5.17. The quantitative estimate of drug-likeness (QED) is 0.396. The van der Waals surface area contributed by atoms with Crippen molar-refractivity contribution in [3.05, 3.63) is 54.1 Å². The molecule has 1 aromatic carbocycles. The minimum absolute atomic E-state index is 0.136. The second kappa shape index (κ2) is 11.7. The molecule has 1 aliphatic carbocycles. The Labute approximate surface area is 167 Å². The lowest BCUT2D eigenvalue weighted by molar-refractivity contribution is -0.137. The second-order valence-electron chi connectivity index (χ2n) is 7.55. The summed E-state index contributed by atoms with van der Waals surface area (Å²) >= 11 is 0. The van der Waals surface area contributed by atoms with Crippen LogP contribution in [0.1, 0.15) is 44.1 Å². The highest BCUT2D eigenvalue weighted by Crippen LogP contribution is 2.36. The molecule has 1 aromatic rings. The molecule has 0 amide bonds. The van der Waals surface area contributed by atoms with Crippen molar-refractivity contribution in [1.82, 2.24) is 0 Å². The van der Waals surface area contributed by atoms with Crippen LogP contribution in [0.25, 0.3) is 0 Å². The fourth-order valence-corrected chi connectivity index (χ4v) is 3.60. The maximum absolute atomic E-state index is 10.5. The number of carbonyl (C=O) groups is 1. The number of allylic oxidation sites excluding steroid dienone is 3. The number of carboxylic acids is 1. The van der Waals surface area contributed by atoms with Gasteiger partial charge in [-0.3, -0.25) is 4.79 Å². The highest BCUT2D eigenvalue weighted by atomic mass is 16.5. The average molecular weight is 389 g/mol. The summed E-state index contributed by atoms with van der Waals surface area (Å²) in [6.45, 7) is 2.19. The van der Waals surface area contributed by atoms with Gasteiger partial charge in [0.05, 0.1) is 6.10 Å².